The Hall–Kier alpha value is -0.870. The molecule has 0 radical (unpaired) electrons. The molecule has 0 aliphatic carbocycles. The molecular weight excluding hydrogens is 328 g/mol. The fourth-order valence-corrected chi connectivity index (χ4v) is 2.82. The van der Waals surface area contributed by atoms with Crippen LogP contribution in [0, 0.1) is 12.8 Å². The first-order valence-electron chi connectivity index (χ1n) is 7.75. The number of piperazine rings is 1. The summed E-state index contributed by atoms with van der Waals surface area (Å²) >= 11 is 3.48. The van der Waals surface area contributed by atoms with E-state index in [9.17, 15) is 4.79 Å². The predicted octanol–water partition coefficient (Wildman–Crippen LogP) is 3.56. The molecular formula is C17H25BrN2O. The molecule has 1 saturated heterocycles. The fourth-order valence-electron chi connectivity index (χ4n) is 2.58. The zero-order chi connectivity index (χ0) is 15.4. The minimum Gasteiger partial charge on any atom is -0.336 e. The lowest BCUT2D eigenvalue weighted by Crippen LogP contribution is -2.49. The minimum atomic E-state index is 0.161. The molecule has 1 aromatic rings. The van der Waals surface area contributed by atoms with E-state index in [2.05, 4.69) is 34.7 Å². The average molecular weight is 353 g/mol. The molecule has 0 spiro atoms. The van der Waals surface area contributed by atoms with Crippen molar-refractivity contribution in [3.8, 4) is 0 Å². The molecule has 0 bridgehead atoms. The summed E-state index contributed by atoms with van der Waals surface area (Å²) in [5.41, 5.74) is 1.91. The van der Waals surface area contributed by atoms with E-state index >= 15 is 0 Å². The molecule has 1 aliphatic rings. The van der Waals surface area contributed by atoms with Gasteiger partial charge in [-0.3, -0.25) is 9.69 Å². The highest BCUT2D eigenvalue weighted by molar-refractivity contribution is 9.10. The first-order valence-corrected chi connectivity index (χ1v) is 8.54. The number of carbonyl (C=O) groups excluding carboxylic acids is 1. The third kappa shape index (κ3) is 4.55. The van der Waals surface area contributed by atoms with Crippen LogP contribution in [0.15, 0.2) is 22.7 Å². The number of benzene rings is 1. The molecule has 1 aliphatic heterocycles. The van der Waals surface area contributed by atoms with Crippen LogP contribution in [0.25, 0.3) is 0 Å². The zero-order valence-electron chi connectivity index (χ0n) is 13.2. The summed E-state index contributed by atoms with van der Waals surface area (Å²) in [6.07, 6.45) is 1.24. The van der Waals surface area contributed by atoms with Crippen LogP contribution in [-0.4, -0.2) is 48.4 Å². The molecule has 116 valence electrons. The Kier molecular flexibility index (Phi) is 5.82. The lowest BCUT2D eigenvalue weighted by Gasteiger charge is -2.35. The maximum absolute atomic E-state index is 12.5. The van der Waals surface area contributed by atoms with Gasteiger partial charge in [0.2, 0.25) is 0 Å². The van der Waals surface area contributed by atoms with Crippen molar-refractivity contribution in [1.29, 1.82) is 0 Å². The predicted molar refractivity (Wildman–Crippen MR) is 90.7 cm³/mol. The summed E-state index contributed by atoms with van der Waals surface area (Å²) in [6, 6.07) is 5.84. The number of hydrogen-bond acceptors (Lipinski definition) is 2. The maximum atomic E-state index is 12.5. The van der Waals surface area contributed by atoms with Crippen LogP contribution in [0.4, 0.5) is 0 Å². The molecule has 0 N–H and O–H groups in total. The molecule has 0 atom stereocenters. The molecule has 1 amide bonds. The van der Waals surface area contributed by atoms with E-state index in [1.165, 1.54) is 6.42 Å². The summed E-state index contributed by atoms with van der Waals surface area (Å²) in [6.45, 7) is 11.4. The molecule has 1 heterocycles. The van der Waals surface area contributed by atoms with Crippen LogP contribution in [0.3, 0.4) is 0 Å². The minimum absolute atomic E-state index is 0.161. The van der Waals surface area contributed by atoms with E-state index in [0.717, 1.165) is 54.2 Å². The van der Waals surface area contributed by atoms with Gasteiger partial charge in [-0.15, -0.1) is 0 Å². The van der Waals surface area contributed by atoms with Gasteiger partial charge in [0, 0.05) is 36.2 Å². The molecule has 2 rings (SSSR count). The first kappa shape index (κ1) is 16.5. The average Bonchev–Trinajstić information content (AvgIpc) is 2.48. The van der Waals surface area contributed by atoms with Crippen molar-refractivity contribution in [1.82, 2.24) is 9.80 Å². The Morgan fingerprint density at radius 3 is 2.48 bits per heavy atom. The monoisotopic (exact) mass is 352 g/mol. The fraction of sp³-hybridized carbons (Fsp3) is 0.588. The topological polar surface area (TPSA) is 23.6 Å². The van der Waals surface area contributed by atoms with Gasteiger partial charge in [0.15, 0.2) is 0 Å². The SMILES string of the molecule is Cc1cc(C(=O)N2CCN(CCC(C)C)CC2)ccc1Br. The maximum Gasteiger partial charge on any atom is 0.253 e. The summed E-state index contributed by atoms with van der Waals surface area (Å²) in [5, 5.41) is 0. The third-order valence-corrected chi connectivity index (χ3v) is 4.98. The van der Waals surface area contributed by atoms with Crippen molar-refractivity contribution in [3.05, 3.63) is 33.8 Å². The highest BCUT2D eigenvalue weighted by Crippen LogP contribution is 2.18. The van der Waals surface area contributed by atoms with Gasteiger partial charge < -0.3 is 4.90 Å². The molecule has 3 nitrogen and oxygen atoms in total. The third-order valence-electron chi connectivity index (χ3n) is 4.09. The number of halogens is 1. The van der Waals surface area contributed by atoms with E-state index < -0.39 is 0 Å². The number of carbonyl (C=O) groups is 1. The van der Waals surface area contributed by atoms with Gasteiger partial charge in [-0.05, 0) is 49.6 Å². The summed E-state index contributed by atoms with van der Waals surface area (Å²) in [5.74, 6) is 0.907. The number of rotatable bonds is 4. The van der Waals surface area contributed by atoms with Crippen molar-refractivity contribution in [2.45, 2.75) is 27.2 Å². The van der Waals surface area contributed by atoms with Crippen LogP contribution in [0.5, 0.6) is 0 Å². The Bertz CT molecular complexity index is 494. The van der Waals surface area contributed by atoms with Gasteiger partial charge in [-0.1, -0.05) is 29.8 Å². The van der Waals surface area contributed by atoms with Gasteiger partial charge >= 0.3 is 0 Å². The molecule has 0 unspecified atom stereocenters. The van der Waals surface area contributed by atoms with Gasteiger partial charge in [0.05, 0.1) is 0 Å². The lowest BCUT2D eigenvalue weighted by atomic mass is 10.1. The summed E-state index contributed by atoms with van der Waals surface area (Å²) in [7, 11) is 0. The Balaban J connectivity index is 1.89. The number of nitrogens with zero attached hydrogens (tertiary/aromatic N) is 2. The van der Waals surface area contributed by atoms with E-state index in [1.807, 2.05) is 30.0 Å². The largest absolute Gasteiger partial charge is 0.336 e. The quantitative estimate of drug-likeness (QED) is 0.826. The van der Waals surface area contributed by atoms with Crippen molar-refractivity contribution in [2.24, 2.45) is 5.92 Å². The summed E-state index contributed by atoms with van der Waals surface area (Å²) < 4.78 is 1.05. The second-order valence-electron chi connectivity index (χ2n) is 6.28. The first-order chi connectivity index (χ1) is 9.97. The van der Waals surface area contributed by atoms with Crippen LogP contribution in [-0.2, 0) is 0 Å². The molecule has 0 aromatic heterocycles. The highest BCUT2D eigenvalue weighted by atomic mass is 79.9. The van der Waals surface area contributed by atoms with Crippen molar-refractivity contribution in [2.75, 3.05) is 32.7 Å². The summed E-state index contributed by atoms with van der Waals surface area (Å²) in [4.78, 5) is 17.0. The molecule has 1 fully saturated rings. The number of amides is 1. The van der Waals surface area contributed by atoms with Gasteiger partial charge in [0.25, 0.3) is 5.91 Å². The van der Waals surface area contributed by atoms with E-state index in [0.29, 0.717) is 0 Å². The normalized spacial score (nSPS) is 16.5. The van der Waals surface area contributed by atoms with Crippen LogP contribution in [0.2, 0.25) is 0 Å². The van der Waals surface area contributed by atoms with Crippen molar-refractivity contribution in [3.63, 3.8) is 0 Å². The van der Waals surface area contributed by atoms with Gasteiger partial charge in [-0.25, -0.2) is 0 Å². The standard InChI is InChI=1S/C17H25BrN2O/c1-13(2)6-7-19-8-10-20(11-9-19)17(21)15-4-5-16(18)14(3)12-15/h4-5,12-13H,6-11H2,1-3H3. The second kappa shape index (κ2) is 7.41. The van der Waals surface area contributed by atoms with Gasteiger partial charge in [-0.2, -0.15) is 0 Å². The number of hydrogen-bond donors (Lipinski definition) is 0. The van der Waals surface area contributed by atoms with Crippen molar-refractivity contribution >= 4 is 21.8 Å². The number of aryl methyl sites for hydroxylation is 1. The molecule has 4 heteroatoms. The molecule has 0 saturated carbocycles. The Morgan fingerprint density at radius 1 is 1.24 bits per heavy atom. The van der Waals surface area contributed by atoms with E-state index in [4.69, 9.17) is 0 Å². The smallest absolute Gasteiger partial charge is 0.253 e. The molecule has 21 heavy (non-hydrogen) atoms. The lowest BCUT2D eigenvalue weighted by molar-refractivity contribution is 0.0631. The van der Waals surface area contributed by atoms with Crippen molar-refractivity contribution < 1.29 is 4.79 Å². The molecule has 1 aromatic carbocycles. The van der Waals surface area contributed by atoms with E-state index in [1.54, 1.807) is 0 Å². The van der Waals surface area contributed by atoms with Crippen LogP contribution >= 0.6 is 15.9 Å². The Labute approximate surface area is 136 Å². The van der Waals surface area contributed by atoms with Crippen LogP contribution < -0.4 is 0 Å². The van der Waals surface area contributed by atoms with E-state index in [-0.39, 0.29) is 5.91 Å². The Morgan fingerprint density at radius 2 is 1.90 bits per heavy atom. The van der Waals surface area contributed by atoms with Gasteiger partial charge in [0.1, 0.15) is 0 Å². The highest BCUT2D eigenvalue weighted by Gasteiger charge is 2.22. The van der Waals surface area contributed by atoms with Crippen LogP contribution in [0.1, 0.15) is 36.2 Å². The zero-order valence-corrected chi connectivity index (χ0v) is 14.8. The second-order valence-corrected chi connectivity index (χ2v) is 7.13.